The Bertz CT molecular complexity index is 600. The minimum Gasteiger partial charge on any atom is -0.392 e. The van der Waals surface area contributed by atoms with Crippen LogP contribution >= 0.6 is 0 Å². The molecular weight excluding hydrogens is 268 g/mol. The first-order chi connectivity index (χ1) is 10.1. The van der Waals surface area contributed by atoms with Crippen molar-refractivity contribution in [3.8, 4) is 0 Å². The minimum absolute atomic E-state index is 0.0227. The molecular formula is C16H20N2O3. The summed E-state index contributed by atoms with van der Waals surface area (Å²) in [6.07, 6.45) is 1.01. The van der Waals surface area contributed by atoms with Gasteiger partial charge in [-0.05, 0) is 31.4 Å². The van der Waals surface area contributed by atoms with E-state index in [4.69, 9.17) is 4.52 Å². The highest BCUT2D eigenvalue weighted by Gasteiger charge is 2.11. The van der Waals surface area contributed by atoms with Crippen LogP contribution in [0.2, 0.25) is 0 Å². The van der Waals surface area contributed by atoms with Crippen molar-refractivity contribution in [1.29, 1.82) is 0 Å². The summed E-state index contributed by atoms with van der Waals surface area (Å²) in [5.74, 6) is 0.744. The molecule has 0 bridgehead atoms. The van der Waals surface area contributed by atoms with Gasteiger partial charge in [0.05, 0.1) is 12.3 Å². The number of aromatic nitrogens is 1. The van der Waals surface area contributed by atoms with E-state index in [2.05, 4.69) is 10.5 Å². The predicted octanol–water partition coefficient (Wildman–Crippen LogP) is 2.03. The smallest absolute Gasteiger partial charge is 0.220 e. The first-order valence-corrected chi connectivity index (χ1v) is 6.98. The second-order valence-electron chi connectivity index (χ2n) is 5.01. The number of benzene rings is 1. The fourth-order valence-corrected chi connectivity index (χ4v) is 2.26. The molecule has 2 aromatic rings. The van der Waals surface area contributed by atoms with Crippen molar-refractivity contribution in [2.75, 3.05) is 0 Å². The molecule has 112 valence electrons. The summed E-state index contributed by atoms with van der Waals surface area (Å²) in [7, 11) is 0. The SMILES string of the molecule is Cc1noc(C)c1CCC(=O)NCc1ccccc1CO. The van der Waals surface area contributed by atoms with E-state index < -0.39 is 0 Å². The summed E-state index contributed by atoms with van der Waals surface area (Å²) in [5.41, 5.74) is 3.61. The van der Waals surface area contributed by atoms with Crippen LogP contribution in [-0.2, 0) is 24.4 Å². The molecule has 5 nitrogen and oxygen atoms in total. The predicted molar refractivity (Wildman–Crippen MR) is 78.5 cm³/mol. The standard InChI is InChI=1S/C16H20N2O3/c1-11-15(12(2)21-18-11)7-8-16(20)17-9-13-5-3-4-6-14(13)10-19/h3-6,19H,7-10H2,1-2H3,(H,17,20). The molecule has 0 atom stereocenters. The molecule has 1 heterocycles. The zero-order valence-electron chi connectivity index (χ0n) is 12.3. The van der Waals surface area contributed by atoms with Crippen LogP contribution in [0.3, 0.4) is 0 Å². The van der Waals surface area contributed by atoms with Crippen LogP contribution in [0.4, 0.5) is 0 Å². The molecule has 0 saturated carbocycles. The van der Waals surface area contributed by atoms with Crippen LogP contribution in [0.25, 0.3) is 0 Å². The molecule has 5 heteroatoms. The number of hydrogen-bond donors (Lipinski definition) is 2. The van der Waals surface area contributed by atoms with Gasteiger partial charge in [0.1, 0.15) is 5.76 Å². The monoisotopic (exact) mass is 288 g/mol. The number of carbonyl (C=O) groups excluding carboxylic acids is 1. The van der Waals surface area contributed by atoms with Crippen molar-refractivity contribution in [3.05, 3.63) is 52.4 Å². The van der Waals surface area contributed by atoms with Crippen molar-refractivity contribution < 1.29 is 14.4 Å². The van der Waals surface area contributed by atoms with Crippen molar-refractivity contribution >= 4 is 5.91 Å². The molecule has 0 aliphatic carbocycles. The second kappa shape index (κ2) is 7.04. The summed E-state index contributed by atoms with van der Waals surface area (Å²) in [6.45, 7) is 4.13. The van der Waals surface area contributed by atoms with E-state index >= 15 is 0 Å². The first-order valence-electron chi connectivity index (χ1n) is 6.98. The van der Waals surface area contributed by atoms with Gasteiger partial charge >= 0.3 is 0 Å². The summed E-state index contributed by atoms with van der Waals surface area (Å²) >= 11 is 0. The number of amides is 1. The fourth-order valence-electron chi connectivity index (χ4n) is 2.26. The highest BCUT2D eigenvalue weighted by molar-refractivity contribution is 5.76. The lowest BCUT2D eigenvalue weighted by atomic mass is 10.1. The Kier molecular flexibility index (Phi) is 5.11. The molecule has 2 rings (SSSR count). The third-order valence-corrected chi connectivity index (χ3v) is 3.55. The van der Waals surface area contributed by atoms with Crippen molar-refractivity contribution in [3.63, 3.8) is 0 Å². The van der Waals surface area contributed by atoms with Gasteiger partial charge in [0.25, 0.3) is 0 Å². The Morgan fingerprint density at radius 1 is 1.29 bits per heavy atom. The molecule has 0 spiro atoms. The molecule has 0 aliphatic heterocycles. The number of rotatable bonds is 6. The van der Waals surface area contributed by atoms with E-state index in [1.807, 2.05) is 38.1 Å². The topological polar surface area (TPSA) is 75.4 Å². The lowest BCUT2D eigenvalue weighted by molar-refractivity contribution is -0.121. The normalized spacial score (nSPS) is 10.6. The summed E-state index contributed by atoms with van der Waals surface area (Å²) < 4.78 is 5.08. The molecule has 0 fully saturated rings. The van der Waals surface area contributed by atoms with Gasteiger partial charge in [0.15, 0.2) is 0 Å². The van der Waals surface area contributed by atoms with Crippen molar-refractivity contribution in [2.45, 2.75) is 39.8 Å². The zero-order valence-corrected chi connectivity index (χ0v) is 12.3. The molecule has 2 N–H and O–H groups in total. The molecule has 1 aromatic heterocycles. The number of nitrogens with one attached hydrogen (secondary N) is 1. The number of aliphatic hydroxyl groups excluding tert-OH is 1. The van der Waals surface area contributed by atoms with Crippen LogP contribution < -0.4 is 5.32 Å². The Labute approximate surface area is 124 Å². The molecule has 1 amide bonds. The maximum Gasteiger partial charge on any atom is 0.220 e. The molecule has 0 saturated heterocycles. The zero-order chi connectivity index (χ0) is 15.2. The Morgan fingerprint density at radius 2 is 2.00 bits per heavy atom. The van der Waals surface area contributed by atoms with E-state index in [1.165, 1.54) is 0 Å². The molecule has 0 aliphatic rings. The second-order valence-corrected chi connectivity index (χ2v) is 5.01. The maximum absolute atomic E-state index is 11.9. The lowest BCUT2D eigenvalue weighted by Gasteiger charge is -2.09. The quantitative estimate of drug-likeness (QED) is 0.853. The molecule has 1 aromatic carbocycles. The van der Waals surface area contributed by atoms with E-state index in [1.54, 1.807) is 0 Å². The lowest BCUT2D eigenvalue weighted by Crippen LogP contribution is -2.23. The van der Waals surface area contributed by atoms with Gasteiger partial charge in [-0.3, -0.25) is 4.79 Å². The summed E-state index contributed by atoms with van der Waals surface area (Å²) in [4.78, 5) is 11.9. The average Bonchev–Trinajstić information content (AvgIpc) is 2.82. The van der Waals surface area contributed by atoms with Crippen LogP contribution in [-0.4, -0.2) is 16.2 Å². The number of nitrogens with zero attached hydrogens (tertiary/aromatic N) is 1. The third kappa shape index (κ3) is 3.92. The maximum atomic E-state index is 11.9. The Hall–Kier alpha value is -2.14. The Morgan fingerprint density at radius 3 is 2.62 bits per heavy atom. The van der Waals surface area contributed by atoms with Crippen LogP contribution in [0.15, 0.2) is 28.8 Å². The van der Waals surface area contributed by atoms with E-state index in [9.17, 15) is 9.90 Å². The van der Waals surface area contributed by atoms with Gasteiger partial charge in [-0.15, -0.1) is 0 Å². The molecule has 21 heavy (non-hydrogen) atoms. The van der Waals surface area contributed by atoms with Gasteiger partial charge in [-0.1, -0.05) is 29.4 Å². The van der Waals surface area contributed by atoms with Crippen LogP contribution in [0, 0.1) is 13.8 Å². The highest BCUT2D eigenvalue weighted by atomic mass is 16.5. The largest absolute Gasteiger partial charge is 0.392 e. The first kappa shape index (κ1) is 15.3. The minimum atomic E-state index is -0.0252. The molecule has 0 radical (unpaired) electrons. The number of aliphatic hydroxyl groups is 1. The number of hydrogen-bond acceptors (Lipinski definition) is 4. The van der Waals surface area contributed by atoms with Crippen LogP contribution in [0.1, 0.15) is 34.6 Å². The van der Waals surface area contributed by atoms with Gasteiger partial charge in [-0.25, -0.2) is 0 Å². The van der Waals surface area contributed by atoms with E-state index in [0.29, 0.717) is 19.4 Å². The van der Waals surface area contributed by atoms with Crippen molar-refractivity contribution in [2.24, 2.45) is 0 Å². The number of carbonyl (C=O) groups is 1. The van der Waals surface area contributed by atoms with Gasteiger partial charge in [0, 0.05) is 18.5 Å². The fraction of sp³-hybridized carbons (Fsp3) is 0.375. The third-order valence-electron chi connectivity index (χ3n) is 3.55. The van der Waals surface area contributed by atoms with Gasteiger partial charge in [-0.2, -0.15) is 0 Å². The number of aryl methyl sites for hydroxylation is 2. The van der Waals surface area contributed by atoms with E-state index in [-0.39, 0.29) is 12.5 Å². The summed E-state index contributed by atoms with van der Waals surface area (Å²) in [6, 6.07) is 7.52. The summed E-state index contributed by atoms with van der Waals surface area (Å²) in [5, 5.41) is 16.0. The van der Waals surface area contributed by atoms with E-state index in [0.717, 1.165) is 28.1 Å². The Balaban J connectivity index is 1.85. The average molecular weight is 288 g/mol. The van der Waals surface area contributed by atoms with Gasteiger partial charge < -0.3 is 14.9 Å². The highest BCUT2D eigenvalue weighted by Crippen LogP contribution is 2.14. The van der Waals surface area contributed by atoms with Crippen molar-refractivity contribution in [1.82, 2.24) is 10.5 Å². The van der Waals surface area contributed by atoms with Gasteiger partial charge in [0.2, 0.25) is 5.91 Å². The van der Waals surface area contributed by atoms with Crippen LogP contribution in [0.5, 0.6) is 0 Å². The molecule has 0 unspecified atom stereocenters.